The highest BCUT2D eigenvalue weighted by Gasteiger charge is 2.02. The maximum Gasteiger partial charge on any atom is 0.117 e. The van der Waals surface area contributed by atoms with E-state index in [-0.39, 0.29) is 0 Å². The van der Waals surface area contributed by atoms with Gasteiger partial charge < -0.3 is 9.73 Å². The Bertz CT molecular complexity index is 431. The average molecular weight is 235 g/mol. The summed E-state index contributed by atoms with van der Waals surface area (Å²) in [5, 5.41) is 3.38. The molecular weight excluding hydrogens is 218 g/mol. The highest BCUT2D eigenvalue weighted by atomic mass is 32.1. The van der Waals surface area contributed by atoms with Crippen molar-refractivity contribution < 1.29 is 4.42 Å². The fourth-order valence-corrected chi connectivity index (χ4v) is 2.76. The summed E-state index contributed by atoms with van der Waals surface area (Å²) >= 11 is 1.88. The van der Waals surface area contributed by atoms with E-state index in [1.807, 2.05) is 23.5 Å². The Hall–Kier alpha value is -1.06. The van der Waals surface area contributed by atoms with E-state index >= 15 is 0 Å². The van der Waals surface area contributed by atoms with Crippen LogP contribution in [0.5, 0.6) is 0 Å². The van der Waals surface area contributed by atoms with Crippen LogP contribution in [-0.2, 0) is 13.0 Å². The molecule has 0 spiro atoms. The van der Waals surface area contributed by atoms with Crippen molar-refractivity contribution in [3.05, 3.63) is 45.5 Å². The van der Waals surface area contributed by atoms with Crippen molar-refractivity contribution in [1.29, 1.82) is 0 Å². The van der Waals surface area contributed by atoms with Gasteiger partial charge in [0.1, 0.15) is 5.76 Å². The molecule has 2 rings (SSSR count). The molecule has 0 saturated carbocycles. The molecule has 0 unspecified atom stereocenters. The molecule has 3 heteroatoms. The molecule has 0 aliphatic rings. The minimum Gasteiger partial charge on any atom is -0.468 e. The van der Waals surface area contributed by atoms with Crippen molar-refractivity contribution >= 4 is 11.3 Å². The number of aryl methyl sites for hydroxylation is 2. The van der Waals surface area contributed by atoms with E-state index in [1.165, 1.54) is 15.3 Å². The Labute approximate surface area is 100 Å². The Balaban J connectivity index is 1.74. The topological polar surface area (TPSA) is 25.2 Å². The summed E-state index contributed by atoms with van der Waals surface area (Å²) in [5.74, 6) is 0.998. The van der Waals surface area contributed by atoms with Gasteiger partial charge in [-0.1, -0.05) is 0 Å². The summed E-state index contributed by atoms with van der Waals surface area (Å²) in [6.45, 7) is 6.17. The molecule has 0 aliphatic carbocycles. The monoisotopic (exact) mass is 235 g/mol. The Morgan fingerprint density at radius 3 is 2.88 bits per heavy atom. The van der Waals surface area contributed by atoms with Crippen LogP contribution < -0.4 is 5.32 Å². The summed E-state index contributed by atoms with van der Waals surface area (Å²) in [6, 6.07) is 6.20. The van der Waals surface area contributed by atoms with E-state index in [1.54, 1.807) is 6.26 Å². The van der Waals surface area contributed by atoms with Crippen molar-refractivity contribution in [3.8, 4) is 0 Å². The Morgan fingerprint density at radius 1 is 1.38 bits per heavy atom. The average Bonchev–Trinajstić information content (AvgIpc) is 2.84. The Morgan fingerprint density at radius 2 is 2.25 bits per heavy atom. The molecule has 0 bridgehead atoms. The summed E-state index contributed by atoms with van der Waals surface area (Å²) in [4.78, 5) is 2.84. The van der Waals surface area contributed by atoms with Crippen LogP contribution in [0.25, 0.3) is 0 Å². The maximum atomic E-state index is 5.25. The van der Waals surface area contributed by atoms with E-state index in [0.29, 0.717) is 0 Å². The molecule has 0 saturated heterocycles. The van der Waals surface area contributed by atoms with E-state index in [0.717, 1.165) is 25.3 Å². The molecule has 86 valence electrons. The van der Waals surface area contributed by atoms with Crippen LogP contribution in [0.4, 0.5) is 0 Å². The second-order valence-corrected chi connectivity index (χ2v) is 5.41. The van der Waals surface area contributed by atoms with Gasteiger partial charge in [0.2, 0.25) is 0 Å². The highest BCUT2D eigenvalue weighted by Crippen LogP contribution is 2.20. The molecule has 0 aromatic carbocycles. The lowest BCUT2D eigenvalue weighted by Gasteiger charge is -2.02. The molecule has 1 N–H and O–H groups in total. The zero-order valence-electron chi connectivity index (χ0n) is 9.75. The lowest BCUT2D eigenvalue weighted by atomic mass is 10.2. The SMILES string of the molecule is Cc1cc(CCNCc2ccco2)c(C)s1. The lowest BCUT2D eigenvalue weighted by Crippen LogP contribution is -2.16. The summed E-state index contributed by atoms with van der Waals surface area (Å²) in [7, 11) is 0. The lowest BCUT2D eigenvalue weighted by molar-refractivity contribution is 0.484. The van der Waals surface area contributed by atoms with Gasteiger partial charge in [0.25, 0.3) is 0 Å². The predicted molar refractivity (Wildman–Crippen MR) is 67.9 cm³/mol. The summed E-state index contributed by atoms with van der Waals surface area (Å²) in [5.41, 5.74) is 1.47. The van der Waals surface area contributed by atoms with E-state index in [2.05, 4.69) is 25.2 Å². The zero-order chi connectivity index (χ0) is 11.4. The number of thiophene rings is 1. The van der Waals surface area contributed by atoms with Crippen molar-refractivity contribution in [3.63, 3.8) is 0 Å². The van der Waals surface area contributed by atoms with Gasteiger partial charge >= 0.3 is 0 Å². The first-order valence-corrected chi connectivity index (χ1v) is 6.36. The molecule has 16 heavy (non-hydrogen) atoms. The first kappa shape index (κ1) is 11.4. The molecule has 2 nitrogen and oxygen atoms in total. The number of hydrogen-bond acceptors (Lipinski definition) is 3. The third-order valence-electron chi connectivity index (χ3n) is 2.59. The smallest absolute Gasteiger partial charge is 0.117 e. The second kappa shape index (κ2) is 5.32. The van der Waals surface area contributed by atoms with Crippen molar-refractivity contribution in [2.45, 2.75) is 26.8 Å². The zero-order valence-corrected chi connectivity index (χ0v) is 10.6. The first-order chi connectivity index (χ1) is 7.75. The minimum absolute atomic E-state index is 0.815. The molecule has 2 aromatic rings. The third kappa shape index (κ3) is 2.97. The largest absolute Gasteiger partial charge is 0.468 e. The van der Waals surface area contributed by atoms with Crippen LogP contribution in [0, 0.1) is 13.8 Å². The number of rotatable bonds is 5. The van der Waals surface area contributed by atoms with E-state index in [9.17, 15) is 0 Å². The molecule has 0 atom stereocenters. The normalized spacial score (nSPS) is 10.9. The minimum atomic E-state index is 0.815. The van der Waals surface area contributed by atoms with Gasteiger partial charge in [-0.05, 0) is 50.6 Å². The van der Waals surface area contributed by atoms with Crippen LogP contribution >= 0.6 is 11.3 Å². The molecule has 2 heterocycles. The van der Waals surface area contributed by atoms with Crippen LogP contribution in [-0.4, -0.2) is 6.54 Å². The predicted octanol–water partition coefficient (Wildman–Crippen LogP) is 3.29. The molecule has 2 aromatic heterocycles. The molecule has 0 fully saturated rings. The molecule has 0 amide bonds. The van der Waals surface area contributed by atoms with Gasteiger partial charge in [0, 0.05) is 9.75 Å². The maximum absolute atomic E-state index is 5.25. The van der Waals surface area contributed by atoms with Crippen LogP contribution in [0.2, 0.25) is 0 Å². The first-order valence-electron chi connectivity index (χ1n) is 5.54. The van der Waals surface area contributed by atoms with Gasteiger partial charge in [-0.25, -0.2) is 0 Å². The molecular formula is C13H17NOS. The molecule has 0 radical (unpaired) electrons. The fourth-order valence-electron chi connectivity index (χ4n) is 1.78. The van der Waals surface area contributed by atoms with Crippen LogP contribution in [0.15, 0.2) is 28.9 Å². The van der Waals surface area contributed by atoms with Gasteiger partial charge in [-0.3, -0.25) is 0 Å². The standard InChI is InChI=1S/C13H17NOS/c1-10-8-12(11(2)16-10)5-6-14-9-13-4-3-7-15-13/h3-4,7-8,14H,5-6,9H2,1-2H3. The van der Waals surface area contributed by atoms with Gasteiger partial charge in [0.15, 0.2) is 0 Å². The Kier molecular flexibility index (Phi) is 3.80. The van der Waals surface area contributed by atoms with Crippen molar-refractivity contribution in [1.82, 2.24) is 5.32 Å². The summed E-state index contributed by atoms with van der Waals surface area (Å²) in [6.07, 6.45) is 2.81. The van der Waals surface area contributed by atoms with Crippen molar-refractivity contribution in [2.75, 3.05) is 6.54 Å². The van der Waals surface area contributed by atoms with Crippen LogP contribution in [0.3, 0.4) is 0 Å². The van der Waals surface area contributed by atoms with E-state index < -0.39 is 0 Å². The van der Waals surface area contributed by atoms with E-state index in [4.69, 9.17) is 4.42 Å². The number of furan rings is 1. The number of nitrogens with one attached hydrogen (secondary N) is 1. The van der Waals surface area contributed by atoms with Gasteiger partial charge in [0.05, 0.1) is 12.8 Å². The van der Waals surface area contributed by atoms with Crippen molar-refractivity contribution in [2.24, 2.45) is 0 Å². The molecule has 0 aliphatic heterocycles. The third-order valence-corrected chi connectivity index (χ3v) is 3.60. The fraction of sp³-hybridized carbons (Fsp3) is 0.385. The quantitative estimate of drug-likeness (QED) is 0.804. The highest BCUT2D eigenvalue weighted by molar-refractivity contribution is 7.12. The van der Waals surface area contributed by atoms with Gasteiger partial charge in [-0.2, -0.15) is 0 Å². The van der Waals surface area contributed by atoms with Crippen LogP contribution in [0.1, 0.15) is 21.1 Å². The summed E-state index contributed by atoms with van der Waals surface area (Å²) < 4.78 is 5.25. The number of hydrogen-bond donors (Lipinski definition) is 1. The van der Waals surface area contributed by atoms with Gasteiger partial charge in [-0.15, -0.1) is 11.3 Å². The second-order valence-electron chi connectivity index (χ2n) is 3.94.